The Hall–Kier alpha value is -15.8. The van der Waals surface area contributed by atoms with Gasteiger partial charge in [0.05, 0.1) is 39.9 Å². The molecule has 0 bridgehead atoms. The van der Waals surface area contributed by atoms with Gasteiger partial charge in [-0.2, -0.15) is 0 Å². The maximum Gasteiger partial charge on any atom is 0.163 e. The summed E-state index contributed by atoms with van der Waals surface area (Å²) in [6.45, 7) is 13.7. The highest BCUT2D eigenvalue weighted by Gasteiger charge is 2.12. The zero-order valence-electron chi connectivity index (χ0n) is 68.6. The second kappa shape index (κ2) is 43.2. The Bertz CT molecular complexity index is 5260. The first-order valence-corrected chi connectivity index (χ1v) is 39.9. The van der Waals surface area contributed by atoms with Gasteiger partial charge in [-0.25, -0.2) is 64.8 Å². The van der Waals surface area contributed by atoms with Crippen LogP contribution in [0.5, 0.6) is 0 Å². The van der Waals surface area contributed by atoms with Crippen LogP contribution in [0, 0.1) is 48.5 Å². The summed E-state index contributed by atoms with van der Waals surface area (Å²) in [6.07, 6.45) is 3.31. The summed E-state index contributed by atoms with van der Waals surface area (Å²) >= 11 is 0. The lowest BCUT2D eigenvalue weighted by Crippen LogP contribution is -1.99. The number of aromatic nitrogens is 14. The van der Waals surface area contributed by atoms with Crippen molar-refractivity contribution in [2.75, 3.05) is 0 Å². The van der Waals surface area contributed by atoms with Gasteiger partial charge in [0.1, 0.15) is 29.6 Å². The number of hydrogen-bond acceptors (Lipinski definition) is 14. The monoisotopic (exact) mass is 1570 g/mol. The van der Waals surface area contributed by atoms with Crippen LogP contribution in [0.3, 0.4) is 0 Å². The number of hydrogen-bond donors (Lipinski definition) is 0. The number of benzene rings is 12. The molecule has 7 heterocycles. The van der Waals surface area contributed by atoms with E-state index >= 15 is 0 Å². The first-order chi connectivity index (χ1) is 59.4. The number of pyridine rings is 2. The Morgan fingerprint density at radius 1 is 0.149 bits per heavy atom. The van der Waals surface area contributed by atoms with Gasteiger partial charge >= 0.3 is 0 Å². The third-order valence-corrected chi connectivity index (χ3v) is 18.6. The molecular weight excluding hydrogens is 1480 g/mol. The second-order valence-electron chi connectivity index (χ2n) is 28.0. The fraction of sp³-hybridized carbons (Fsp3) is 0.0654. The van der Waals surface area contributed by atoms with Crippen LogP contribution in [0.25, 0.3) is 135 Å². The van der Waals surface area contributed by atoms with Crippen LogP contribution < -0.4 is 0 Å². The molecule has 588 valence electrons. The number of rotatable bonds is 12. The second-order valence-corrected chi connectivity index (χ2v) is 28.0. The molecule has 12 aromatic carbocycles. The third kappa shape index (κ3) is 25.1. The van der Waals surface area contributed by atoms with Gasteiger partial charge in [0.25, 0.3) is 0 Å². The lowest BCUT2D eigenvalue weighted by Gasteiger charge is -2.07. The molecule has 0 unspecified atom stereocenters. The summed E-state index contributed by atoms with van der Waals surface area (Å²) in [6, 6.07) is 136. The Morgan fingerprint density at radius 2 is 0.421 bits per heavy atom. The molecule has 0 aliphatic carbocycles. The molecule has 0 radical (unpaired) electrons. The van der Waals surface area contributed by atoms with Crippen molar-refractivity contribution in [1.82, 2.24) is 69.8 Å². The highest BCUT2D eigenvalue weighted by molar-refractivity contribution is 5.73. The molecule has 0 atom stereocenters. The highest BCUT2D eigenvalue weighted by Crippen LogP contribution is 2.30. The lowest BCUT2D eigenvalue weighted by molar-refractivity contribution is 0.983. The molecule has 0 N–H and O–H groups in total. The summed E-state index contributed by atoms with van der Waals surface area (Å²) in [5, 5.41) is 0. The largest absolute Gasteiger partial charge is 0.253 e. The molecule has 7 aromatic heterocycles. The van der Waals surface area contributed by atoms with Gasteiger partial charge in [-0.3, -0.25) is 4.98 Å². The number of nitrogens with zero attached hydrogens (tertiary/aromatic N) is 14. The maximum atomic E-state index is 4.77. The smallest absolute Gasteiger partial charge is 0.163 e. The van der Waals surface area contributed by atoms with Gasteiger partial charge in [-0.05, 0) is 108 Å². The third-order valence-electron chi connectivity index (χ3n) is 18.6. The minimum absolute atomic E-state index is 0.715. The van der Waals surface area contributed by atoms with E-state index in [1.807, 2.05) is 327 Å². The zero-order valence-corrected chi connectivity index (χ0v) is 68.6. The van der Waals surface area contributed by atoms with Crippen LogP contribution in [0.4, 0.5) is 0 Å². The predicted octanol–water partition coefficient (Wildman–Crippen LogP) is 25.5. The van der Waals surface area contributed by atoms with Crippen molar-refractivity contribution in [3.05, 3.63) is 459 Å². The van der Waals surface area contributed by atoms with Crippen LogP contribution in [0.15, 0.2) is 419 Å². The number of aryl methyl sites for hydroxylation is 7. The van der Waals surface area contributed by atoms with Gasteiger partial charge in [-0.15, -0.1) is 0 Å². The first kappa shape index (κ1) is 83.2. The van der Waals surface area contributed by atoms with Crippen molar-refractivity contribution in [3.8, 4) is 135 Å². The molecule has 0 spiro atoms. The molecule has 121 heavy (non-hydrogen) atoms. The van der Waals surface area contributed by atoms with E-state index in [1.54, 1.807) is 6.20 Å². The van der Waals surface area contributed by atoms with E-state index < -0.39 is 0 Å². The summed E-state index contributed by atoms with van der Waals surface area (Å²) in [4.78, 5) is 61.6. The summed E-state index contributed by atoms with van der Waals surface area (Å²) in [5.74, 6) is 6.01. The molecule has 0 aliphatic heterocycles. The van der Waals surface area contributed by atoms with E-state index in [2.05, 4.69) is 193 Å². The SMILES string of the molecule is Cc1cc(-c2ccccc2)cc(-c2ccccc2)n1.Cc1cc(-c2ccccc2)nc(-c2ccccc2)c1.Cc1cc(-c2ccccc2)nc(-c2ccccc2)n1.Cc1nc(-c2ccccc2)cc(-c2ccccc2)n1.Cc1nc(-c2ccccc2)nc(-c2ccccc2)n1.Cc1nccc(-c2ccccc2)n1.Cc1ncnc(-c2ccccc2)n1. The molecule has 14 nitrogen and oxygen atoms in total. The fourth-order valence-corrected chi connectivity index (χ4v) is 12.8. The standard InChI is InChI=1S/2C18H15N.2C17H14N2.C16H13N3.C11H10N2.C10H9N3/c1-14-12-17(15-8-4-2-5-9-15)13-18(19-14)16-10-6-3-7-11-16;1-14-12-17(15-8-4-2-5-9-15)19-18(13-14)16-10-6-3-7-11-16;1-13-18-16(14-8-4-2-5-9-14)12-17(19-13)15-10-6-3-7-11-15;1-13-12-16(14-8-4-2-5-9-14)19-17(18-13)15-10-6-3-7-11-15;1-12-17-15(13-8-4-2-5-9-13)19-16(18-12)14-10-6-3-7-11-14;1-9-12-8-7-11(13-9)10-5-3-2-4-6-10;1-8-11-7-12-10(13-8)9-5-3-2-4-6-9/h2*2-13H,1H3;2*2-12H,1H3;2-11H,1H3;2-8H,1H3;2-7H,1H3. The molecule has 0 amide bonds. The van der Waals surface area contributed by atoms with Gasteiger partial charge in [0.2, 0.25) is 0 Å². The summed E-state index contributed by atoms with van der Waals surface area (Å²) < 4.78 is 0. The van der Waals surface area contributed by atoms with Gasteiger partial charge in [0, 0.05) is 78.8 Å². The van der Waals surface area contributed by atoms with Crippen LogP contribution in [-0.2, 0) is 0 Å². The van der Waals surface area contributed by atoms with E-state index in [4.69, 9.17) is 4.98 Å². The Kier molecular flexibility index (Phi) is 29.7. The molecule has 0 saturated heterocycles. The molecule has 19 rings (SSSR count). The minimum Gasteiger partial charge on any atom is -0.253 e. The topological polar surface area (TPSA) is 180 Å². The van der Waals surface area contributed by atoms with Gasteiger partial charge in [0.15, 0.2) is 23.3 Å². The predicted molar refractivity (Wildman–Crippen MR) is 493 cm³/mol. The molecule has 0 fully saturated rings. The summed E-state index contributed by atoms with van der Waals surface area (Å²) in [7, 11) is 0. The Balaban J connectivity index is 0.000000122. The van der Waals surface area contributed by atoms with E-state index in [9.17, 15) is 0 Å². The molecule has 14 heteroatoms. The van der Waals surface area contributed by atoms with Crippen molar-refractivity contribution in [1.29, 1.82) is 0 Å². The van der Waals surface area contributed by atoms with Crippen molar-refractivity contribution in [2.45, 2.75) is 48.5 Å². The van der Waals surface area contributed by atoms with E-state index in [0.29, 0.717) is 11.6 Å². The lowest BCUT2D eigenvalue weighted by atomic mass is 10.0. The average molecular weight is 1570 g/mol. The van der Waals surface area contributed by atoms with Gasteiger partial charge in [-0.1, -0.05) is 364 Å². The molecule has 0 saturated carbocycles. The first-order valence-electron chi connectivity index (χ1n) is 39.9. The van der Waals surface area contributed by atoms with Crippen molar-refractivity contribution in [3.63, 3.8) is 0 Å². The Labute approximate surface area is 708 Å². The molecular formula is C107H90N14. The normalized spacial score (nSPS) is 10.3. The maximum absolute atomic E-state index is 4.77. The highest BCUT2D eigenvalue weighted by atomic mass is 15.0. The van der Waals surface area contributed by atoms with E-state index in [1.165, 1.54) is 23.0 Å². The average Bonchev–Trinajstić information content (AvgIpc) is 0.842. The Morgan fingerprint density at radius 3 is 0.785 bits per heavy atom. The van der Waals surface area contributed by atoms with Crippen molar-refractivity contribution >= 4 is 0 Å². The quantitative estimate of drug-likeness (QED) is 0.113. The van der Waals surface area contributed by atoms with Crippen molar-refractivity contribution < 1.29 is 0 Å². The van der Waals surface area contributed by atoms with Crippen LogP contribution in [0.2, 0.25) is 0 Å². The van der Waals surface area contributed by atoms with Crippen LogP contribution in [0.1, 0.15) is 40.2 Å². The zero-order chi connectivity index (χ0) is 83.6. The van der Waals surface area contributed by atoms with Crippen LogP contribution >= 0.6 is 0 Å². The van der Waals surface area contributed by atoms with E-state index in [0.717, 1.165) is 147 Å². The summed E-state index contributed by atoms with van der Waals surface area (Å²) in [5.41, 5.74) is 24.7. The fourth-order valence-electron chi connectivity index (χ4n) is 12.8. The van der Waals surface area contributed by atoms with Crippen LogP contribution in [-0.4, -0.2) is 69.8 Å². The van der Waals surface area contributed by atoms with E-state index in [-0.39, 0.29) is 0 Å². The molecule has 19 aromatic rings. The van der Waals surface area contributed by atoms with Crippen molar-refractivity contribution in [2.24, 2.45) is 0 Å². The van der Waals surface area contributed by atoms with Gasteiger partial charge < -0.3 is 0 Å². The minimum atomic E-state index is 0.715. The molecule has 0 aliphatic rings.